The molecule has 1 rings (SSSR count). The van der Waals surface area contributed by atoms with Crippen molar-refractivity contribution in [3.63, 3.8) is 0 Å². The van der Waals surface area contributed by atoms with Crippen molar-refractivity contribution in [2.24, 2.45) is 5.73 Å². The molecule has 0 aromatic rings. The molecule has 0 saturated carbocycles. The molecular weight excluding hydrogens is 264 g/mol. The van der Waals surface area contributed by atoms with Gasteiger partial charge in [0.2, 0.25) is 5.91 Å². The summed E-state index contributed by atoms with van der Waals surface area (Å²) in [4.78, 5) is 37.2. The van der Waals surface area contributed by atoms with E-state index in [4.69, 9.17) is 10.8 Å². The quantitative estimate of drug-likeness (QED) is 0.582. The van der Waals surface area contributed by atoms with Crippen molar-refractivity contribution in [3.05, 3.63) is 0 Å². The molecule has 2 atom stereocenters. The Bertz CT molecular complexity index is 388. The molecule has 0 radical (unpaired) electrons. The molecule has 1 aliphatic heterocycles. The van der Waals surface area contributed by atoms with E-state index in [0.29, 0.717) is 6.54 Å². The van der Waals surface area contributed by atoms with Crippen molar-refractivity contribution in [2.45, 2.75) is 31.3 Å². The molecule has 0 bridgehead atoms. The van der Waals surface area contributed by atoms with E-state index in [9.17, 15) is 14.4 Å². The summed E-state index contributed by atoms with van der Waals surface area (Å²) in [5, 5.41) is 11.2. The Hall–Kier alpha value is -1.83. The van der Waals surface area contributed by atoms with Gasteiger partial charge in [0.25, 0.3) is 0 Å². The average Bonchev–Trinajstić information content (AvgIpc) is 2.73. The van der Waals surface area contributed by atoms with E-state index in [1.54, 1.807) is 7.05 Å². The van der Waals surface area contributed by atoms with Crippen LogP contribution in [-0.2, 0) is 9.59 Å². The largest absolute Gasteiger partial charge is 0.480 e. The zero-order valence-electron chi connectivity index (χ0n) is 11.8. The highest BCUT2D eigenvalue weighted by molar-refractivity contribution is 5.87. The van der Waals surface area contributed by atoms with Crippen LogP contribution >= 0.6 is 0 Å². The van der Waals surface area contributed by atoms with Gasteiger partial charge in [-0.05, 0) is 26.4 Å². The third kappa shape index (κ3) is 4.69. The van der Waals surface area contributed by atoms with Gasteiger partial charge in [-0.1, -0.05) is 0 Å². The van der Waals surface area contributed by atoms with Crippen LogP contribution in [0, 0.1) is 0 Å². The van der Waals surface area contributed by atoms with Crippen LogP contribution in [0.25, 0.3) is 0 Å². The summed E-state index contributed by atoms with van der Waals surface area (Å²) in [6.45, 7) is 1.52. The van der Waals surface area contributed by atoms with Crippen LogP contribution in [0.2, 0.25) is 0 Å². The lowest BCUT2D eigenvalue weighted by Crippen LogP contribution is -2.50. The summed E-state index contributed by atoms with van der Waals surface area (Å²) in [5.74, 6) is -2.04. The molecule has 1 heterocycles. The lowest BCUT2D eigenvalue weighted by molar-refractivity contribution is -0.140. The summed E-state index contributed by atoms with van der Waals surface area (Å²) in [6, 6.07) is -1.52. The Morgan fingerprint density at radius 1 is 1.50 bits per heavy atom. The molecule has 20 heavy (non-hydrogen) atoms. The number of nitrogens with one attached hydrogen (secondary N) is 1. The monoisotopic (exact) mass is 286 g/mol. The van der Waals surface area contributed by atoms with Gasteiger partial charge in [-0.2, -0.15) is 0 Å². The van der Waals surface area contributed by atoms with Gasteiger partial charge in [-0.3, -0.25) is 4.79 Å². The number of hydrogen-bond donors (Lipinski definition) is 3. The van der Waals surface area contributed by atoms with Gasteiger partial charge < -0.3 is 26.0 Å². The Balaban J connectivity index is 2.50. The van der Waals surface area contributed by atoms with Gasteiger partial charge in [0.15, 0.2) is 0 Å². The molecule has 1 fully saturated rings. The van der Waals surface area contributed by atoms with Gasteiger partial charge in [0.05, 0.1) is 6.42 Å². The number of rotatable bonds is 6. The Labute approximate surface area is 117 Å². The number of carbonyl (C=O) groups is 3. The van der Waals surface area contributed by atoms with Crippen LogP contribution in [0.4, 0.5) is 4.79 Å². The molecule has 114 valence electrons. The fraction of sp³-hybridized carbons (Fsp3) is 0.750. The molecule has 1 saturated heterocycles. The highest BCUT2D eigenvalue weighted by Crippen LogP contribution is 2.15. The first-order chi connectivity index (χ1) is 9.31. The number of urea groups is 1. The van der Waals surface area contributed by atoms with Gasteiger partial charge in [-0.25, -0.2) is 9.59 Å². The number of aliphatic carboxylic acids is 1. The highest BCUT2D eigenvalue weighted by Gasteiger charge is 2.27. The molecule has 1 aliphatic rings. The maximum Gasteiger partial charge on any atom is 0.326 e. The first-order valence-electron chi connectivity index (χ1n) is 6.54. The molecule has 8 heteroatoms. The molecular formula is C12H22N4O4. The third-order valence-corrected chi connectivity index (χ3v) is 3.50. The van der Waals surface area contributed by atoms with Crippen molar-refractivity contribution >= 4 is 17.9 Å². The topological polar surface area (TPSA) is 116 Å². The fourth-order valence-corrected chi connectivity index (χ4v) is 2.27. The number of hydrogen-bond acceptors (Lipinski definition) is 4. The molecule has 1 unspecified atom stereocenters. The molecule has 3 amide bonds. The second kappa shape index (κ2) is 7.09. The number of likely N-dealkylation sites (tertiary alicyclic amines) is 1. The van der Waals surface area contributed by atoms with Crippen LogP contribution in [0.15, 0.2) is 0 Å². The Morgan fingerprint density at radius 3 is 2.60 bits per heavy atom. The fourth-order valence-electron chi connectivity index (χ4n) is 2.27. The Kier molecular flexibility index (Phi) is 5.75. The normalized spacial score (nSPS) is 20.4. The number of carbonyl (C=O) groups excluding carboxylic acids is 2. The van der Waals surface area contributed by atoms with Crippen LogP contribution < -0.4 is 11.1 Å². The van der Waals surface area contributed by atoms with E-state index in [1.807, 2.05) is 7.05 Å². The summed E-state index contributed by atoms with van der Waals surface area (Å²) < 4.78 is 0. The number of nitrogens with two attached hydrogens (primary N) is 1. The standard InChI is InChI=1S/C12H22N4O4/c1-15-5-3-4-8(15)7-16(2)12(20)14-9(11(18)19)6-10(13)17/h8-9H,3-7H2,1-2H3,(H2,13,17)(H,14,20)(H,18,19)/t8?,9-/m0/s1. The van der Waals surface area contributed by atoms with Crippen molar-refractivity contribution in [1.82, 2.24) is 15.1 Å². The second-order valence-corrected chi connectivity index (χ2v) is 5.17. The van der Waals surface area contributed by atoms with Crippen LogP contribution in [-0.4, -0.2) is 72.1 Å². The lowest BCUT2D eigenvalue weighted by atomic mass is 10.2. The summed E-state index contributed by atoms with van der Waals surface area (Å²) in [7, 11) is 3.60. The zero-order chi connectivity index (χ0) is 15.3. The first-order valence-corrected chi connectivity index (χ1v) is 6.54. The predicted molar refractivity (Wildman–Crippen MR) is 72.0 cm³/mol. The number of carboxylic acid groups (broad SMARTS) is 1. The first kappa shape index (κ1) is 16.2. The van der Waals surface area contributed by atoms with Crippen molar-refractivity contribution < 1.29 is 19.5 Å². The molecule has 0 aromatic heterocycles. The summed E-state index contributed by atoms with van der Waals surface area (Å²) in [6.07, 6.45) is 1.69. The maximum absolute atomic E-state index is 11.9. The van der Waals surface area contributed by atoms with Crippen molar-refractivity contribution in [3.8, 4) is 0 Å². The minimum Gasteiger partial charge on any atom is -0.480 e. The van der Waals surface area contributed by atoms with E-state index < -0.39 is 30.4 Å². The van der Waals surface area contributed by atoms with Crippen LogP contribution in [0.1, 0.15) is 19.3 Å². The lowest BCUT2D eigenvalue weighted by Gasteiger charge is -2.27. The minimum atomic E-state index is -1.29. The average molecular weight is 286 g/mol. The van der Waals surface area contributed by atoms with Crippen LogP contribution in [0.5, 0.6) is 0 Å². The molecule has 4 N–H and O–H groups in total. The highest BCUT2D eigenvalue weighted by atomic mass is 16.4. The predicted octanol–water partition coefficient (Wildman–Crippen LogP) is -0.949. The van der Waals surface area contributed by atoms with E-state index >= 15 is 0 Å². The smallest absolute Gasteiger partial charge is 0.326 e. The number of primary amides is 1. The number of likely N-dealkylation sites (N-methyl/N-ethyl adjacent to an activating group) is 2. The summed E-state index contributed by atoms with van der Waals surface area (Å²) in [5.41, 5.74) is 4.96. The van der Waals surface area contributed by atoms with Crippen LogP contribution in [0.3, 0.4) is 0 Å². The maximum atomic E-state index is 11.9. The van der Waals surface area contributed by atoms with Gasteiger partial charge in [-0.15, -0.1) is 0 Å². The number of amides is 3. The van der Waals surface area contributed by atoms with Gasteiger partial charge in [0.1, 0.15) is 6.04 Å². The SMILES string of the molecule is CN(CC1CCCN1C)C(=O)N[C@@H](CC(N)=O)C(=O)O. The van der Waals surface area contributed by atoms with E-state index in [0.717, 1.165) is 19.4 Å². The minimum absolute atomic E-state index is 0.283. The Morgan fingerprint density at radius 2 is 2.15 bits per heavy atom. The van der Waals surface area contributed by atoms with Crippen molar-refractivity contribution in [2.75, 3.05) is 27.2 Å². The van der Waals surface area contributed by atoms with Crippen molar-refractivity contribution in [1.29, 1.82) is 0 Å². The molecule has 0 spiro atoms. The number of nitrogens with zero attached hydrogens (tertiary/aromatic N) is 2. The molecule has 0 aliphatic carbocycles. The third-order valence-electron chi connectivity index (χ3n) is 3.50. The van der Waals surface area contributed by atoms with Gasteiger partial charge in [0, 0.05) is 19.6 Å². The van der Waals surface area contributed by atoms with E-state index in [2.05, 4.69) is 10.2 Å². The second-order valence-electron chi connectivity index (χ2n) is 5.17. The molecule has 0 aromatic carbocycles. The summed E-state index contributed by atoms with van der Waals surface area (Å²) >= 11 is 0. The number of carboxylic acids is 1. The van der Waals surface area contributed by atoms with E-state index in [1.165, 1.54) is 4.90 Å². The van der Waals surface area contributed by atoms with E-state index in [-0.39, 0.29) is 6.04 Å². The van der Waals surface area contributed by atoms with Gasteiger partial charge >= 0.3 is 12.0 Å². The zero-order valence-corrected chi connectivity index (χ0v) is 11.8. The molecule has 8 nitrogen and oxygen atoms in total.